The largest absolute Gasteiger partial charge is 0.490 e. The summed E-state index contributed by atoms with van der Waals surface area (Å²) in [7, 11) is 0. The van der Waals surface area contributed by atoms with E-state index in [1.54, 1.807) is 0 Å². The maximum atomic E-state index is 10.2. The van der Waals surface area contributed by atoms with Crippen LogP contribution < -0.4 is 9.64 Å². The Balaban J connectivity index is 0.00000210. The summed E-state index contributed by atoms with van der Waals surface area (Å²) in [5.74, 6) is 1.82. The lowest BCUT2D eigenvalue weighted by molar-refractivity contribution is 0.00710. The Morgan fingerprint density at radius 2 is 1.72 bits per heavy atom. The van der Waals surface area contributed by atoms with E-state index in [0.717, 1.165) is 42.2 Å². The first-order chi connectivity index (χ1) is 13.2. The fourth-order valence-electron chi connectivity index (χ4n) is 3.04. The second-order valence-corrected chi connectivity index (χ2v) is 7.34. The lowest BCUT2D eigenvalue weighted by atomic mass is 10.2. The lowest BCUT2D eigenvalue weighted by Gasteiger charge is -2.36. The van der Waals surface area contributed by atoms with Crippen molar-refractivity contribution in [2.24, 2.45) is 0 Å². The quantitative estimate of drug-likeness (QED) is 0.524. The molecule has 162 valence electrons. The number of anilines is 1. The summed E-state index contributed by atoms with van der Waals surface area (Å²) in [4.78, 5) is 8.94. The van der Waals surface area contributed by atoms with Gasteiger partial charge in [-0.05, 0) is 40.2 Å². The highest BCUT2D eigenvalue weighted by molar-refractivity contribution is 9.10. The smallest absolute Gasteiger partial charge is 0.133 e. The number of aromatic nitrogens is 1. The zero-order valence-corrected chi connectivity index (χ0v) is 19.4. The molecule has 6 nitrogen and oxygen atoms in total. The van der Waals surface area contributed by atoms with Crippen LogP contribution >= 0.6 is 40.7 Å². The summed E-state index contributed by atoms with van der Waals surface area (Å²) >= 11 is 3.44. The summed E-state index contributed by atoms with van der Waals surface area (Å²) in [5.41, 5.74) is 0. The van der Waals surface area contributed by atoms with E-state index in [1.807, 2.05) is 48.7 Å². The monoisotopic (exact) mass is 507 g/mol. The first-order valence-corrected chi connectivity index (χ1v) is 10.0. The molecule has 0 spiro atoms. The van der Waals surface area contributed by atoms with E-state index in [1.165, 1.54) is 0 Å². The molecule has 2 heterocycles. The van der Waals surface area contributed by atoms with Crippen LogP contribution in [0.25, 0.3) is 0 Å². The molecule has 1 atom stereocenters. The number of aliphatic hydroxyl groups is 1. The SMILES string of the molecule is Cl.Cl.OC(COCCOc1ccccc1Br)CN1CCN(c2ccccn2)CC1. The van der Waals surface area contributed by atoms with Gasteiger partial charge in [-0.25, -0.2) is 4.98 Å². The topological polar surface area (TPSA) is 58.1 Å². The summed E-state index contributed by atoms with van der Waals surface area (Å²) in [6, 6.07) is 13.7. The van der Waals surface area contributed by atoms with Crippen molar-refractivity contribution >= 4 is 46.6 Å². The molecule has 1 aromatic carbocycles. The van der Waals surface area contributed by atoms with Gasteiger partial charge in [0.25, 0.3) is 0 Å². The number of piperazine rings is 1. The molecule has 0 amide bonds. The Hall–Kier alpha value is -1.09. The van der Waals surface area contributed by atoms with Gasteiger partial charge in [0, 0.05) is 38.9 Å². The third-order valence-electron chi connectivity index (χ3n) is 4.45. The average molecular weight is 509 g/mol. The van der Waals surface area contributed by atoms with E-state index in [-0.39, 0.29) is 24.8 Å². The summed E-state index contributed by atoms with van der Waals surface area (Å²) in [6.45, 7) is 5.52. The highest BCUT2D eigenvalue weighted by atomic mass is 79.9. The van der Waals surface area contributed by atoms with Crippen LogP contribution in [0.2, 0.25) is 0 Å². The van der Waals surface area contributed by atoms with Crippen LogP contribution in [-0.2, 0) is 4.74 Å². The van der Waals surface area contributed by atoms with Crippen LogP contribution in [0, 0.1) is 0 Å². The predicted molar refractivity (Wildman–Crippen MR) is 124 cm³/mol. The maximum absolute atomic E-state index is 10.2. The predicted octanol–water partition coefficient (Wildman–Crippen LogP) is 3.27. The van der Waals surface area contributed by atoms with Gasteiger partial charge in [0.05, 0.1) is 23.8 Å². The van der Waals surface area contributed by atoms with Gasteiger partial charge in [0.15, 0.2) is 0 Å². The number of nitrogens with zero attached hydrogens (tertiary/aromatic N) is 3. The van der Waals surface area contributed by atoms with Gasteiger partial charge in [-0.1, -0.05) is 18.2 Å². The van der Waals surface area contributed by atoms with Crippen LogP contribution in [0.3, 0.4) is 0 Å². The number of hydrogen-bond donors (Lipinski definition) is 1. The van der Waals surface area contributed by atoms with Gasteiger partial charge in [-0.3, -0.25) is 4.90 Å². The van der Waals surface area contributed by atoms with Gasteiger partial charge >= 0.3 is 0 Å². The van der Waals surface area contributed by atoms with Crippen molar-refractivity contribution in [1.29, 1.82) is 0 Å². The third-order valence-corrected chi connectivity index (χ3v) is 5.10. The number of para-hydroxylation sites is 1. The van der Waals surface area contributed by atoms with Crippen LogP contribution in [0.4, 0.5) is 5.82 Å². The summed E-state index contributed by atoms with van der Waals surface area (Å²) in [5, 5.41) is 10.2. The first-order valence-electron chi connectivity index (χ1n) is 9.24. The average Bonchev–Trinajstić information content (AvgIpc) is 2.70. The number of halogens is 3. The minimum atomic E-state index is -0.491. The number of ether oxygens (including phenoxy) is 2. The van der Waals surface area contributed by atoms with Crippen molar-refractivity contribution in [1.82, 2.24) is 9.88 Å². The van der Waals surface area contributed by atoms with Crippen molar-refractivity contribution in [2.75, 3.05) is 57.4 Å². The molecular weight excluding hydrogens is 481 g/mol. The Labute approximate surface area is 193 Å². The molecule has 0 bridgehead atoms. The first kappa shape index (κ1) is 25.9. The van der Waals surface area contributed by atoms with Crippen molar-refractivity contribution in [2.45, 2.75) is 6.10 Å². The molecule has 1 saturated heterocycles. The zero-order valence-electron chi connectivity index (χ0n) is 16.2. The molecule has 1 aromatic heterocycles. The second kappa shape index (κ2) is 14.0. The maximum Gasteiger partial charge on any atom is 0.133 e. The van der Waals surface area contributed by atoms with Crippen LogP contribution in [0.5, 0.6) is 5.75 Å². The van der Waals surface area contributed by atoms with E-state index < -0.39 is 6.10 Å². The highest BCUT2D eigenvalue weighted by Crippen LogP contribution is 2.23. The van der Waals surface area contributed by atoms with Gasteiger partial charge in [-0.15, -0.1) is 24.8 Å². The summed E-state index contributed by atoms with van der Waals surface area (Å²) in [6.07, 6.45) is 1.33. The molecule has 1 unspecified atom stereocenters. The van der Waals surface area contributed by atoms with Gasteiger partial charge in [-0.2, -0.15) is 0 Å². The van der Waals surface area contributed by atoms with E-state index in [9.17, 15) is 5.11 Å². The van der Waals surface area contributed by atoms with E-state index in [0.29, 0.717) is 26.4 Å². The minimum Gasteiger partial charge on any atom is -0.490 e. The van der Waals surface area contributed by atoms with Gasteiger partial charge in [0.2, 0.25) is 0 Å². The molecule has 2 aromatic rings. The highest BCUT2D eigenvalue weighted by Gasteiger charge is 2.20. The van der Waals surface area contributed by atoms with E-state index >= 15 is 0 Å². The molecule has 1 aliphatic heterocycles. The molecule has 3 rings (SSSR count). The molecular formula is C20H28BrCl2N3O3. The fraction of sp³-hybridized carbons (Fsp3) is 0.450. The normalized spacial score (nSPS) is 15.2. The van der Waals surface area contributed by atoms with Crippen LogP contribution in [0.15, 0.2) is 53.1 Å². The van der Waals surface area contributed by atoms with Crippen molar-refractivity contribution in [3.05, 3.63) is 53.1 Å². The standard InChI is InChI=1S/C20H26BrN3O3.2ClH/c21-18-5-1-2-6-19(18)27-14-13-26-16-17(25)15-23-9-11-24(12-10-23)20-7-3-4-8-22-20;;/h1-8,17,25H,9-16H2;2*1H. The number of benzene rings is 1. The van der Waals surface area contributed by atoms with Crippen molar-refractivity contribution in [3.63, 3.8) is 0 Å². The summed E-state index contributed by atoms with van der Waals surface area (Å²) < 4.78 is 12.1. The minimum absolute atomic E-state index is 0. The number of aliphatic hydroxyl groups excluding tert-OH is 1. The molecule has 1 aliphatic rings. The van der Waals surface area contributed by atoms with Gasteiger partial charge in [0.1, 0.15) is 18.2 Å². The number of pyridine rings is 1. The molecule has 1 N–H and O–H groups in total. The Morgan fingerprint density at radius 3 is 2.41 bits per heavy atom. The Morgan fingerprint density at radius 1 is 1.00 bits per heavy atom. The Kier molecular flexibility index (Phi) is 12.5. The molecule has 0 aliphatic carbocycles. The molecule has 0 radical (unpaired) electrons. The fourth-order valence-corrected chi connectivity index (χ4v) is 3.44. The Bertz CT molecular complexity index is 692. The molecule has 0 saturated carbocycles. The van der Waals surface area contributed by atoms with E-state index in [2.05, 4.69) is 30.7 Å². The van der Waals surface area contributed by atoms with E-state index in [4.69, 9.17) is 9.47 Å². The number of β-amino-alcohol motifs (C(OH)–C–C–N with tert-alkyl or cyclic N) is 1. The molecule has 9 heteroatoms. The number of rotatable bonds is 9. The van der Waals surface area contributed by atoms with Gasteiger partial charge < -0.3 is 19.5 Å². The number of hydrogen-bond acceptors (Lipinski definition) is 6. The second-order valence-electron chi connectivity index (χ2n) is 6.48. The van der Waals surface area contributed by atoms with Crippen molar-refractivity contribution in [3.8, 4) is 5.75 Å². The lowest BCUT2D eigenvalue weighted by Crippen LogP contribution is -2.49. The van der Waals surface area contributed by atoms with Crippen LogP contribution in [-0.4, -0.2) is 73.6 Å². The zero-order chi connectivity index (χ0) is 18.9. The molecule has 1 fully saturated rings. The molecule has 29 heavy (non-hydrogen) atoms. The van der Waals surface area contributed by atoms with Crippen LogP contribution in [0.1, 0.15) is 0 Å². The van der Waals surface area contributed by atoms with Crippen molar-refractivity contribution < 1.29 is 14.6 Å². The third kappa shape index (κ3) is 8.66.